The Morgan fingerprint density at radius 1 is 1.04 bits per heavy atom. The fraction of sp³-hybridized carbons (Fsp3) is 0.217. The molecule has 2 heterocycles. The summed E-state index contributed by atoms with van der Waals surface area (Å²) in [5.41, 5.74) is 11.6. The summed E-state index contributed by atoms with van der Waals surface area (Å²) >= 11 is 0. The monoisotopic (exact) mass is 372 g/mol. The van der Waals surface area contributed by atoms with Crippen molar-refractivity contribution in [1.29, 1.82) is 0 Å². The van der Waals surface area contributed by atoms with E-state index in [2.05, 4.69) is 39.4 Å². The van der Waals surface area contributed by atoms with Crippen molar-refractivity contribution in [2.75, 3.05) is 6.61 Å². The summed E-state index contributed by atoms with van der Waals surface area (Å²) in [7, 11) is 0. The first-order valence-electron chi connectivity index (χ1n) is 9.51. The van der Waals surface area contributed by atoms with Gasteiger partial charge in [0.25, 0.3) is 0 Å². The van der Waals surface area contributed by atoms with Crippen molar-refractivity contribution < 1.29 is 4.74 Å². The number of benzene rings is 2. The van der Waals surface area contributed by atoms with Crippen LogP contribution in [-0.4, -0.2) is 27.8 Å². The Morgan fingerprint density at radius 2 is 1.89 bits per heavy atom. The molecule has 0 spiro atoms. The molecule has 1 atom stereocenters. The van der Waals surface area contributed by atoms with E-state index in [0.717, 1.165) is 46.3 Å². The predicted molar refractivity (Wildman–Crippen MR) is 112 cm³/mol. The van der Waals surface area contributed by atoms with E-state index in [1.807, 2.05) is 43.5 Å². The van der Waals surface area contributed by atoms with Crippen molar-refractivity contribution >= 4 is 10.9 Å². The molecule has 4 aromatic rings. The highest BCUT2D eigenvalue weighted by molar-refractivity contribution is 5.86. The maximum atomic E-state index is 6.24. The van der Waals surface area contributed by atoms with Crippen LogP contribution in [0.25, 0.3) is 22.0 Å². The van der Waals surface area contributed by atoms with Gasteiger partial charge in [-0.25, -0.2) is 0 Å². The minimum Gasteiger partial charge on any atom is -0.492 e. The van der Waals surface area contributed by atoms with Crippen LogP contribution in [0.4, 0.5) is 0 Å². The number of fused-ring (bicyclic) bond motifs is 1. The van der Waals surface area contributed by atoms with Crippen LogP contribution >= 0.6 is 0 Å². The molecule has 0 radical (unpaired) electrons. The zero-order chi connectivity index (χ0) is 19.3. The maximum absolute atomic E-state index is 6.24. The summed E-state index contributed by atoms with van der Waals surface area (Å²) < 4.78 is 5.91. The van der Waals surface area contributed by atoms with Crippen molar-refractivity contribution in [3.63, 3.8) is 0 Å². The zero-order valence-electron chi connectivity index (χ0n) is 15.9. The smallest absolute Gasteiger partial charge is 0.138 e. The molecule has 5 heteroatoms. The standard InChI is InChI=1S/C23H24N4O/c1-16-22-13-18(7-8-23(22)27-26-16)19-12-21(15-25-14-19)28-10-9-20(24)11-17-5-3-2-4-6-17/h2-8,12-15,20H,9-11,24H2,1H3,(H,26,27)/t20-/m0/s1. The van der Waals surface area contributed by atoms with E-state index in [4.69, 9.17) is 10.5 Å². The van der Waals surface area contributed by atoms with Crippen molar-refractivity contribution in [1.82, 2.24) is 15.2 Å². The van der Waals surface area contributed by atoms with Crippen LogP contribution in [0.5, 0.6) is 5.75 Å². The van der Waals surface area contributed by atoms with Gasteiger partial charge in [-0.3, -0.25) is 10.1 Å². The van der Waals surface area contributed by atoms with Gasteiger partial charge in [0.1, 0.15) is 5.75 Å². The number of hydrogen-bond donors (Lipinski definition) is 2. The van der Waals surface area contributed by atoms with Crippen LogP contribution in [0.3, 0.4) is 0 Å². The molecular formula is C23H24N4O. The molecule has 0 aliphatic rings. The molecule has 5 nitrogen and oxygen atoms in total. The summed E-state index contributed by atoms with van der Waals surface area (Å²) in [6, 6.07) is 18.6. The van der Waals surface area contributed by atoms with Crippen molar-refractivity contribution in [2.45, 2.75) is 25.8 Å². The lowest BCUT2D eigenvalue weighted by molar-refractivity contribution is 0.296. The van der Waals surface area contributed by atoms with E-state index in [1.165, 1.54) is 5.56 Å². The van der Waals surface area contributed by atoms with Crippen molar-refractivity contribution in [3.05, 3.63) is 78.2 Å². The number of nitrogens with two attached hydrogens (primary N) is 1. The lowest BCUT2D eigenvalue weighted by atomic mass is 10.0. The van der Waals surface area contributed by atoms with Gasteiger partial charge in [-0.15, -0.1) is 0 Å². The molecule has 3 N–H and O–H groups in total. The van der Waals surface area contributed by atoms with Crippen LogP contribution in [-0.2, 0) is 6.42 Å². The van der Waals surface area contributed by atoms with E-state index in [9.17, 15) is 0 Å². The highest BCUT2D eigenvalue weighted by Crippen LogP contribution is 2.27. The van der Waals surface area contributed by atoms with Crippen LogP contribution in [0.2, 0.25) is 0 Å². The third-order valence-electron chi connectivity index (χ3n) is 4.89. The lowest BCUT2D eigenvalue weighted by Crippen LogP contribution is -2.25. The Bertz CT molecular complexity index is 1060. The Hall–Kier alpha value is -3.18. The van der Waals surface area contributed by atoms with E-state index in [1.54, 1.807) is 6.20 Å². The number of aryl methyl sites for hydroxylation is 1. The summed E-state index contributed by atoms with van der Waals surface area (Å²) in [5, 5.41) is 8.42. The summed E-state index contributed by atoms with van der Waals surface area (Å²) in [5.74, 6) is 0.758. The molecule has 2 aromatic heterocycles. The first-order chi connectivity index (χ1) is 13.7. The Labute approximate surface area is 164 Å². The largest absolute Gasteiger partial charge is 0.492 e. The molecule has 0 saturated carbocycles. The molecule has 0 aliphatic carbocycles. The van der Waals surface area contributed by atoms with Gasteiger partial charge in [-0.1, -0.05) is 36.4 Å². The fourth-order valence-electron chi connectivity index (χ4n) is 3.32. The van der Waals surface area contributed by atoms with Crippen molar-refractivity contribution in [2.24, 2.45) is 5.73 Å². The molecule has 0 bridgehead atoms. The first kappa shape index (κ1) is 18.2. The number of ether oxygens (including phenoxy) is 1. The average molecular weight is 372 g/mol. The Kier molecular flexibility index (Phi) is 5.35. The minimum absolute atomic E-state index is 0.0741. The third kappa shape index (κ3) is 4.21. The summed E-state index contributed by atoms with van der Waals surface area (Å²) in [4.78, 5) is 4.34. The summed E-state index contributed by atoms with van der Waals surface area (Å²) in [6.45, 7) is 2.59. The number of nitrogens with zero attached hydrogens (tertiary/aromatic N) is 2. The van der Waals surface area contributed by atoms with E-state index in [-0.39, 0.29) is 6.04 Å². The Morgan fingerprint density at radius 3 is 2.75 bits per heavy atom. The highest BCUT2D eigenvalue weighted by Gasteiger charge is 2.07. The van der Waals surface area contributed by atoms with E-state index >= 15 is 0 Å². The molecule has 0 amide bonds. The minimum atomic E-state index is 0.0741. The number of nitrogens with one attached hydrogen (secondary N) is 1. The molecule has 28 heavy (non-hydrogen) atoms. The second kappa shape index (κ2) is 8.23. The van der Waals surface area contributed by atoms with Gasteiger partial charge in [-0.05, 0) is 49.1 Å². The second-order valence-corrected chi connectivity index (χ2v) is 7.08. The van der Waals surface area contributed by atoms with Gasteiger partial charge >= 0.3 is 0 Å². The fourth-order valence-corrected chi connectivity index (χ4v) is 3.32. The zero-order valence-corrected chi connectivity index (χ0v) is 15.9. The van der Waals surface area contributed by atoms with E-state index < -0.39 is 0 Å². The number of aromatic amines is 1. The molecule has 0 fully saturated rings. The van der Waals surface area contributed by atoms with Gasteiger partial charge in [0.2, 0.25) is 0 Å². The quantitative estimate of drug-likeness (QED) is 0.508. The highest BCUT2D eigenvalue weighted by atomic mass is 16.5. The van der Waals surface area contributed by atoms with Gasteiger partial charge in [-0.2, -0.15) is 5.10 Å². The SMILES string of the molecule is Cc1[nH]nc2ccc(-c3cncc(OCC[C@H](N)Cc4ccccc4)c3)cc12. The first-order valence-corrected chi connectivity index (χ1v) is 9.51. The number of pyridine rings is 1. The maximum Gasteiger partial charge on any atom is 0.138 e. The van der Waals surface area contributed by atoms with Crippen LogP contribution in [0, 0.1) is 6.92 Å². The summed E-state index contributed by atoms with van der Waals surface area (Å²) in [6.07, 6.45) is 5.24. The number of aromatic nitrogens is 3. The molecule has 2 aromatic carbocycles. The molecular weight excluding hydrogens is 348 g/mol. The van der Waals surface area contributed by atoms with Crippen molar-refractivity contribution in [3.8, 4) is 16.9 Å². The molecule has 0 aliphatic heterocycles. The van der Waals surface area contributed by atoms with Gasteiger partial charge in [0.15, 0.2) is 0 Å². The normalized spacial score (nSPS) is 12.2. The Balaban J connectivity index is 1.38. The number of rotatable bonds is 7. The number of hydrogen-bond acceptors (Lipinski definition) is 4. The van der Waals surface area contributed by atoms with Crippen LogP contribution < -0.4 is 10.5 Å². The molecule has 0 saturated heterocycles. The average Bonchev–Trinajstić information content (AvgIpc) is 3.09. The number of H-pyrrole nitrogens is 1. The predicted octanol–water partition coefficient (Wildman–Crippen LogP) is 4.27. The van der Waals surface area contributed by atoms with Gasteiger partial charge in [0.05, 0.1) is 18.3 Å². The van der Waals surface area contributed by atoms with Crippen LogP contribution in [0.1, 0.15) is 17.7 Å². The van der Waals surface area contributed by atoms with Crippen LogP contribution in [0.15, 0.2) is 67.0 Å². The molecule has 4 rings (SSSR count). The second-order valence-electron chi connectivity index (χ2n) is 7.08. The van der Waals surface area contributed by atoms with Gasteiger partial charge < -0.3 is 10.5 Å². The van der Waals surface area contributed by atoms with Gasteiger partial charge in [0, 0.05) is 28.9 Å². The molecule has 0 unspecified atom stereocenters. The third-order valence-corrected chi connectivity index (χ3v) is 4.89. The van der Waals surface area contributed by atoms with E-state index in [0.29, 0.717) is 6.61 Å². The molecule has 142 valence electrons. The lowest BCUT2D eigenvalue weighted by Gasteiger charge is -2.13. The topological polar surface area (TPSA) is 76.8 Å².